The Kier molecular flexibility index (Phi) is 13.1. The highest BCUT2D eigenvalue weighted by Gasteiger charge is 2.00. The Balaban J connectivity index is 3.33. The van der Waals surface area contributed by atoms with E-state index in [-0.39, 0.29) is 0 Å². The molecule has 0 fully saturated rings. The zero-order valence-electron chi connectivity index (χ0n) is 11.9. The molecule has 0 rings (SSSR count). The molecule has 0 spiro atoms. The maximum atomic E-state index is 7.27. The Morgan fingerprint density at radius 1 is 0.706 bits per heavy atom. The van der Waals surface area contributed by atoms with Gasteiger partial charge >= 0.3 is 0 Å². The van der Waals surface area contributed by atoms with Crippen molar-refractivity contribution in [1.82, 2.24) is 4.90 Å². The summed E-state index contributed by atoms with van der Waals surface area (Å²) in [5.41, 5.74) is 0. The highest BCUT2D eigenvalue weighted by Crippen LogP contribution is 2.06. The molecule has 0 aromatic heterocycles. The molecule has 2 nitrogen and oxygen atoms in total. The third kappa shape index (κ3) is 11.7. The second kappa shape index (κ2) is 13.5. The van der Waals surface area contributed by atoms with Gasteiger partial charge in [0.1, 0.15) is 0 Å². The molecule has 0 aliphatic rings. The minimum atomic E-state index is 1.03. The average Bonchev–Trinajstić information content (AvgIpc) is 2.36. The van der Waals surface area contributed by atoms with Gasteiger partial charge in [-0.25, -0.2) is 0 Å². The minimum Gasteiger partial charge on any atom is -0.354 e. The van der Waals surface area contributed by atoms with E-state index in [9.17, 15) is 0 Å². The van der Waals surface area contributed by atoms with Crippen molar-refractivity contribution in [1.29, 1.82) is 5.41 Å². The maximum absolute atomic E-state index is 7.27. The lowest BCUT2D eigenvalue weighted by molar-refractivity contribution is 0.393. The van der Waals surface area contributed by atoms with Gasteiger partial charge in [-0.2, -0.15) is 0 Å². The first-order chi connectivity index (χ1) is 8.35. The van der Waals surface area contributed by atoms with Gasteiger partial charge in [0.25, 0.3) is 0 Å². The zero-order valence-corrected chi connectivity index (χ0v) is 11.9. The Labute approximate surface area is 108 Å². The minimum absolute atomic E-state index is 1.03. The Morgan fingerprint density at radius 2 is 1.12 bits per heavy atom. The van der Waals surface area contributed by atoms with Crippen molar-refractivity contribution in [2.24, 2.45) is 0 Å². The van der Waals surface area contributed by atoms with E-state index in [2.05, 4.69) is 25.1 Å². The molecule has 0 atom stereocenters. The molecule has 0 bridgehead atoms. The summed E-state index contributed by atoms with van der Waals surface area (Å²) in [6.45, 7) is 6.55. The molecule has 0 heterocycles. The lowest BCUT2D eigenvalue weighted by Crippen LogP contribution is -2.24. The summed E-state index contributed by atoms with van der Waals surface area (Å²) < 4.78 is 0. The SMILES string of the molecule is CCCCCCCN([C]=N)CCCCCCC. The monoisotopic (exact) mass is 239 g/mol. The van der Waals surface area contributed by atoms with Crippen LogP contribution in [0.2, 0.25) is 0 Å². The summed E-state index contributed by atoms with van der Waals surface area (Å²) in [7, 11) is 0. The smallest absolute Gasteiger partial charge is 0.163 e. The van der Waals surface area contributed by atoms with E-state index < -0.39 is 0 Å². The van der Waals surface area contributed by atoms with Gasteiger partial charge in [0.15, 0.2) is 6.34 Å². The Morgan fingerprint density at radius 3 is 1.47 bits per heavy atom. The molecule has 0 aromatic carbocycles. The topological polar surface area (TPSA) is 27.1 Å². The first kappa shape index (κ1) is 16.5. The molecule has 2 heteroatoms. The average molecular weight is 239 g/mol. The van der Waals surface area contributed by atoms with Crippen molar-refractivity contribution in [3.63, 3.8) is 0 Å². The van der Waals surface area contributed by atoms with Crippen LogP contribution < -0.4 is 0 Å². The van der Waals surface area contributed by atoms with Crippen molar-refractivity contribution in [3.05, 3.63) is 0 Å². The first-order valence-electron chi connectivity index (χ1n) is 7.52. The summed E-state index contributed by atoms with van der Waals surface area (Å²) in [4.78, 5) is 2.05. The highest BCUT2D eigenvalue weighted by atomic mass is 15.1. The second-order valence-electron chi connectivity index (χ2n) is 4.93. The molecular formula is C15H31N2. The molecule has 0 unspecified atom stereocenters. The first-order valence-corrected chi connectivity index (χ1v) is 7.52. The van der Waals surface area contributed by atoms with E-state index in [4.69, 9.17) is 5.41 Å². The molecule has 1 radical (unpaired) electrons. The molecule has 0 saturated heterocycles. The molecule has 17 heavy (non-hydrogen) atoms. The van der Waals surface area contributed by atoms with Gasteiger partial charge in [-0.15, -0.1) is 0 Å². The normalized spacial score (nSPS) is 10.5. The number of nitrogens with one attached hydrogen (secondary N) is 1. The second-order valence-corrected chi connectivity index (χ2v) is 4.93. The number of hydrogen-bond acceptors (Lipinski definition) is 1. The van der Waals surface area contributed by atoms with Crippen molar-refractivity contribution >= 4 is 6.34 Å². The van der Waals surface area contributed by atoms with Crippen LogP contribution in [0.1, 0.15) is 78.1 Å². The fourth-order valence-corrected chi connectivity index (χ4v) is 2.04. The van der Waals surface area contributed by atoms with Crippen LogP contribution in [0.4, 0.5) is 0 Å². The van der Waals surface area contributed by atoms with Crippen LogP contribution in [0, 0.1) is 5.41 Å². The van der Waals surface area contributed by atoms with E-state index in [1.807, 2.05) is 0 Å². The van der Waals surface area contributed by atoms with Crippen LogP contribution in [0.15, 0.2) is 0 Å². The van der Waals surface area contributed by atoms with Crippen molar-refractivity contribution in [2.45, 2.75) is 78.1 Å². The fraction of sp³-hybridized carbons (Fsp3) is 0.933. The van der Waals surface area contributed by atoms with Crippen LogP contribution in [-0.2, 0) is 0 Å². The summed E-state index contributed by atoms with van der Waals surface area (Å²) >= 11 is 0. The van der Waals surface area contributed by atoms with Crippen LogP contribution in [0.5, 0.6) is 0 Å². The number of rotatable bonds is 13. The highest BCUT2D eigenvalue weighted by molar-refractivity contribution is 5.50. The molecule has 0 aliphatic carbocycles. The molecule has 0 saturated carbocycles. The van der Waals surface area contributed by atoms with Crippen LogP contribution in [-0.4, -0.2) is 24.3 Å². The van der Waals surface area contributed by atoms with Crippen LogP contribution in [0.3, 0.4) is 0 Å². The fourth-order valence-electron chi connectivity index (χ4n) is 2.04. The summed E-state index contributed by atoms with van der Waals surface area (Å²) in [5, 5.41) is 7.27. The number of hydrogen-bond donors (Lipinski definition) is 1. The summed E-state index contributed by atoms with van der Waals surface area (Å²) in [6, 6.07) is 0. The van der Waals surface area contributed by atoms with E-state index in [1.54, 1.807) is 0 Å². The van der Waals surface area contributed by atoms with E-state index in [0.29, 0.717) is 0 Å². The van der Waals surface area contributed by atoms with E-state index in [0.717, 1.165) is 13.1 Å². The quantitative estimate of drug-likeness (QED) is 0.214. The van der Waals surface area contributed by atoms with Gasteiger partial charge in [0, 0.05) is 13.1 Å². The van der Waals surface area contributed by atoms with Gasteiger partial charge < -0.3 is 4.90 Å². The number of unbranched alkanes of at least 4 members (excludes halogenated alkanes) is 8. The summed E-state index contributed by atoms with van der Waals surface area (Å²) in [6.07, 6.45) is 15.6. The third-order valence-electron chi connectivity index (χ3n) is 3.22. The lowest BCUT2D eigenvalue weighted by Gasteiger charge is -2.17. The van der Waals surface area contributed by atoms with Gasteiger partial charge in [0.05, 0.1) is 0 Å². The molecule has 0 aromatic rings. The molecule has 1 N–H and O–H groups in total. The number of nitrogens with zero attached hydrogens (tertiary/aromatic N) is 1. The van der Waals surface area contributed by atoms with Gasteiger partial charge in [-0.05, 0) is 12.8 Å². The molecule has 101 valence electrons. The van der Waals surface area contributed by atoms with Crippen LogP contribution >= 0.6 is 0 Å². The predicted octanol–water partition coefficient (Wildman–Crippen LogP) is 4.71. The van der Waals surface area contributed by atoms with Gasteiger partial charge in [-0.3, -0.25) is 5.41 Å². The van der Waals surface area contributed by atoms with Crippen molar-refractivity contribution < 1.29 is 0 Å². The van der Waals surface area contributed by atoms with Crippen molar-refractivity contribution in [3.8, 4) is 0 Å². The molecule has 0 amide bonds. The van der Waals surface area contributed by atoms with E-state index in [1.165, 1.54) is 64.2 Å². The van der Waals surface area contributed by atoms with Crippen LogP contribution in [0.25, 0.3) is 0 Å². The van der Waals surface area contributed by atoms with E-state index >= 15 is 0 Å². The van der Waals surface area contributed by atoms with Gasteiger partial charge in [-0.1, -0.05) is 65.2 Å². The van der Waals surface area contributed by atoms with Gasteiger partial charge in [0.2, 0.25) is 0 Å². The largest absolute Gasteiger partial charge is 0.354 e. The zero-order chi connectivity index (χ0) is 12.8. The Bertz CT molecular complexity index is 143. The molecule has 0 aliphatic heterocycles. The third-order valence-corrected chi connectivity index (χ3v) is 3.22. The standard InChI is InChI=1S/C15H31N2/c1-3-5-7-9-11-13-17(15-16)14-12-10-8-6-4-2/h16H,3-14H2,1-2H3. The predicted molar refractivity (Wildman–Crippen MR) is 76.8 cm³/mol. The summed E-state index contributed by atoms with van der Waals surface area (Å²) in [5.74, 6) is 0. The Hall–Kier alpha value is -0.530. The lowest BCUT2D eigenvalue weighted by atomic mass is 10.1. The maximum Gasteiger partial charge on any atom is 0.163 e. The van der Waals surface area contributed by atoms with Crippen molar-refractivity contribution in [2.75, 3.05) is 13.1 Å². The molecular weight excluding hydrogens is 208 g/mol.